The standard InChI is InChI=1S/C12H16N2O2/c1-8(2)13-7-12-14-6-11(16-12)10-4-5-15-9(10)3/h4-6,8,13H,7H2,1-3H3. The zero-order valence-corrected chi connectivity index (χ0v) is 9.78. The molecule has 0 amide bonds. The van der Waals surface area contributed by atoms with E-state index in [1.807, 2.05) is 13.0 Å². The highest BCUT2D eigenvalue weighted by molar-refractivity contribution is 5.58. The van der Waals surface area contributed by atoms with Crippen LogP contribution in [0.3, 0.4) is 0 Å². The molecule has 0 saturated carbocycles. The maximum absolute atomic E-state index is 5.63. The third-order valence-electron chi connectivity index (χ3n) is 2.34. The highest BCUT2D eigenvalue weighted by atomic mass is 16.4. The van der Waals surface area contributed by atoms with Gasteiger partial charge >= 0.3 is 0 Å². The van der Waals surface area contributed by atoms with Gasteiger partial charge in [0.1, 0.15) is 5.76 Å². The van der Waals surface area contributed by atoms with E-state index >= 15 is 0 Å². The lowest BCUT2D eigenvalue weighted by atomic mass is 10.2. The summed E-state index contributed by atoms with van der Waals surface area (Å²) in [5, 5.41) is 3.26. The van der Waals surface area contributed by atoms with Crippen LogP contribution in [0.5, 0.6) is 0 Å². The molecule has 0 spiro atoms. The summed E-state index contributed by atoms with van der Waals surface area (Å²) in [5.74, 6) is 2.30. The smallest absolute Gasteiger partial charge is 0.208 e. The fraction of sp³-hybridized carbons (Fsp3) is 0.417. The maximum Gasteiger partial charge on any atom is 0.208 e. The number of rotatable bonds is 4. The van der Waals surface area contributed by atoms with Gasteiger partial charge in [0.05, 0.1) is 24.6 Å². The van der Waals surface area contributed by atoms with Gasteiger partial charge in [-0.25, -0.2) is 4.98 Å². The van der Waals surface area contributed by atoms with Crippen LogP contribution >= 0.6 is 0 Å². The van der Waals surface area contributed by atoms with Crippen LogP contribution in [0.15, 0.2) is 27.4 Å². The molecule has 0 aliphatic carbocycles. The lowest BCUT2D eigenvalue weighted by molar-refractivity contribution is 0.457. The molecule has 86 valence electrons. The Bertz CT molecular complexity index is 457. The van der Waals surface area contributed by atoms with E-state index < -0.39 is 0 Å². The Morgan fingerprint density at radius 3 is 2.88 bits per heavy atom. The summed E-state index contributed by atoms with van der Waals surface area (Å²) in [4.78, 5) is 4.21. The molecule has 4 nitrogen and oxygen atoms in total. The van der Waals surface area contributed by atoms with E-state index in [0.717, 1.165) is 17.1 Å². The van der Waals surface area contributed by atoms with Crippen molar-refractivity contribution in [2.75, 3.05) is 0 Å². The van der Waals surface area contributed by atoms with E-state index in [1.54, 1.807) is 12.5 Å². The van der Waals surface area contributed by atoms with Crippen molar-refractivity contribution in [1.29, 1.82) is 0 Å². The molecule has 2 aromatic rings. The Labute approximate surface area is 94.7 Å². The zero-order valence-electron chi connectivity index (χ0n) is 9.78. The number of aryl methyl sites for hydroxylation is 1. The van der Waals surface area contributed by atoms with E-state index in [9.17, 15) is 0 Å². The van der Waals surface area contributed by atoms with Gasteiger partial charge in [0.2, 0.25) is 5.89 Å². The number of hydrogen-bond donors (Lipinski definition) is 1. The molecule has 0 fully saturated rings. The molecule has 2 aromatic heterocycles. The lowest BCUT2D eigenvalue weighted by Crippen LogP contribution is -2.21. The Kier molecular flexibility index (Phi) is 3.10. The fourth-order valence-electron chi connectivity index (χ4n) is 1.45. The van der Waals surface area contributed by atoms with E-state index in [1.165, 1.54) is 0 Å². The molecule has 0 aliphatic rings. The maximum atomic E-state index is 5.63. The monoisotopic (exact) mass is 220 g/mol. The van der Waals surface area contributed by atoms with Crippen molar-refractivity contribution < 1.29 is 8.83 Å². The summed E-state index contributed by atoms with van der Waals surface area (Å²) in [6, 6.07) is 2.31. The first-order valence-electron chi connectivity index (χ1n) is 5.39. The molecule has 0 radical (unpaired) electrons. The van der Waals surface area contributed by atoms with Crippen LogP contribution in [-0.2, 0) is 6.54 Å². The Hall–Kier alpha value is -1.55. The topological polar surface area (TPSA) is 51.2 Å². The van der Waals surface area contributed by atoms with Crippen LogP contribution in [-0.4, -0.2) is 11.0 Å². The normalized spacial score (nSPS) is 11.2. The molecule has 0 aromatic carbocycles. The molecule has 4 heteroatoms. The molecule has 0 atom stereocenters. The van der Waals surface area contributed by atoms with Gasteiger partial charge in [-0.15, -0.1) is 0 Å². The number of oxazole rings is 1. The first-order valence-corrected chi connectivity index (χ1v) is 5.39. The lowest BCUT2D eigenvalue weighted by Gasteiger charge is -2.03. The predicted octanol–water partition coefficient (Wildman–Crippen LogP) is 2.74. The van der Waals surface area contributed by atoms with Gasteiger partial charge in [0.25, 0.3) is 0 Å². The second-order valence-corrected chi connectivity index (χ2v) is 4.04. The van der Waals surface area contributed by atoms with Gasteiger partial charge in [-0.05, 0) is 13.0 Å². The van der Waals surface area contributed by atoms with Crippen molar-refractivity contribution in [3.63, 3.8) is 0 Å². The van der Waals surface area contributed by atoms with Gasteiger partial charge in [0.15, 0.2) is 5.76 Å². The highest BCUT2D eigenvalue weighted by Gasteiger charge is 2.10. The predicted molar refractivity (Wildman–Crippen MR) is 60.9 cm³/mol. The number of furan rings is 1. The first kappa shape index (κ1) is 11.0. The molecule has 0 aliphatic heterocycles. The average Bonchev–Trinajstić information content (AvgIpc) is 2.83. The summed E-state index contributed by atoms with van der Waals surface area (Å²) in [6.45, 7) is 6.73. The van der Waals surface area contributed by atoms with E-state index in [-0.39, 0.29) is 0 Å². The Balaban J connectivity index is 2.11. The van der Waals surface area contributed by atoms with Gasteiger partial charge in [0, 0.05) is 6.04 Å². The average molecular weight is 220 g/mol. The minimum atomic E-state index is 0.422. The van der Waals surface area contributed by atoms with Gasteiger partial charge < -0.3 is 14.2 Å². The number of hydrogen-bond acceptors (Lipinski definition) is 4. The van der Waals surface area contributed by atoms with Crippen molar-refractivity contribution >= 4 is 0 Å². The third kappa shape index (κ3) is 2.33. The van der Waals surface area contributed by atoms with Crippen LogP contribution in [0.2, 0.25) is 0 Å². The molecule has 0 bridgehead atoms. The molecule has 2 rings (SSSR count). The van der Waals surface area contributed by atoms with E-state index in [2.05, 4.69) is 24.1 Å². The van der Waals surface area contributed by atoms with Crippen molar-refractivity contribution in [2.45, 2.75) is 33.4 Å². The van der Waals surface area contributed by atoms with Gasteiger partial charge in [-0.3, -0.25) is 0 Å². The molecule has 2 heterocycles. The number of aromatic nitrogens is 1. The summed E-state index contributed by atoms with van der Waals surface area (Å²) in [6.07, 6.45) is 3.38. The summed E-state index contributed by atoms with van der Waals surface area (Å²) < 4.78 is 10.8. The second kappa shape index (κ2) is 4.53. The van der Waals surface area contributed by atoms with Crippen LogP contribution in [0.4, 0.5) is 0 Å². The van der Waals surface area contributed by atoms with Crippen molar-refractivity contribution in [3.05, 3.63) is 30.2 Å². The molecular weight excluding hydrogens is 204 g/mol. The summed E-state index contributed by atoms with van der Waals surface area (Å²) in [7, 11) is 0. The largest absolute Gasteiger partial charge is 0.469 e. The number of nitrogens with one attached hydrogen (secondary N) is 1. The third-order valence-corrected chi connectivity index (χ3v) is 2.34. The molecule has 0 unspecified atom stereocenters. The van der Waals surface area contributed by atoms with Crippen molar-refractivity contribution in [3.8, 4) is 11.3 Å². The second-order valence-electron chi connectivity index (χ2n) is 4.04. The SMILES string of the molecule is Cc1occc1-c1cnc(CNC(C)C)o1. The Morgan fingerprint density at radius 2 is 2.25 bits per heavy atom. The minimum Gasteiger partial charge on any atom is -0.469 e. The van der Waals surface area contributed by atoms with E-state index in [0.29, 0.717) is 18.5 Å². The molecule has 0 saturated heterocycles. The molecular formula is C12H16N2O2. The molecule has 16 heavy (non-hydrogen) atoms. The first-order chi connectivity index (χ1) is 7.66. The van der Waals surface area contributed by atoms with E-state index in [4.69, 9.17) is 8.83 Å². The van der Waals surface area contributed by atoms with Gasteiger partial charge in [-0.2, -0.15) is 0 Å². The summed E-state index contributed by atoms with van der Waals surface area (Å²) in [5.41, 5.74) is 0.961. The van der Waals surface area contributed by atoms with Crippen LogP contribution < -0.4 is 5.32 Å². The minimum absolute atomic E-state index is 0.422. The zero-order chi connectivity index (χ0) is 11.5. The molecule has 1 N–H and O–H groups in total. The van der Waals surface area contributed by atoms with Crippen molar-refractivity contribution in [2.24, 2.45) is 0 Å². The van der Waals surface area contributed by atoms with Gasteiger partial charge in [-0.1, -0.05) is 13.8 Å². The Morgan fingerprint density at radius 1 is 1.44 bits per heavy atom. The van der Waals surface area contributed by atoms with Crippen LogP contribution in [0.25, 0.3) is 11.3 Å². The van der Waals surface area contributed by atoms with Crippen LogP contribution in [0.1, 0.15) is 25.5 Å². The van der Waals surface area contributed by atoms with Crippen molar-refractivity contribution in [1.82, 2.24) is 10.3 Å². The summed E-state index contributed by atoms with van der Waals surface area (Å²) >= 11 is 0. The highest BCUT2D eigenvalue weighted by Crippen LogP contribution is 2.24. The fourth-order valence-corrected chi connectivity index (χ4v) is 1.45. The quantitative estimate of drug-likeness (QED) is 0.860. The van der Waals surface area contributed by atoms with Crippen LogP contribution in [0, 0.1) is 6.92 Å². The number of nitrogens with zero attached hydrogens (tertiary/aromatic N) is 1.